The van der Waals surface area contributed by atoms with Crippen LogP contribution >= 0.6 is 0 Å². The molecule has 2 atom stereocenters. The molecule has 1 amide bonds. The molecule has 4 heteroatoms. The number of rotatable bonds is 6. The summed E-state index contributed by atoms with van der Waals surface area (Å²) >= 11 is 0. The molecule has 0 spiro atoms. The van der Waals surface area contributed by atoms with E-state index in [1.165, 1.54) is 0 Å². The molecule has 1 aliphatic heterocycles. The van der Waals surface area contributed by atoms with Gasteiger partial charge in [-0.1, -0.05) is 20.8 Å². The molecule has 4 nitrogen and oxygen atoms in total. The van der Waals surface area contributed by atoms with E-state index in [2.05, 4.69) is 20.8 Å². The molecule has 1 saturated heterocycles. The number of nitrogens with zero attached hydrogens (tertiary/aromatic N) is 1. The maximum absolute atomic E-state index is 12.4. The normalized spacial score (nSPS) is 21.9. The third-order valence-electron chi connectivity index (χ3n) is 4.60. The lowest BCUT2D eigenvalue weighted by molar-refractivity contribution is -0.136. The van der Waals surface area contributed by atoms with Gasteiger partial charge in [0.2, 0.25) is 5.91 Å². The number of aliphatic hydroxyl groups excluding tert-OH is 1. The minimum atomic E-state index is 0.0406. The van der Waals surface area contributed by atoms with Crippen molar-refractivity contribution in [1.29, 1.82) is 0 Å². The van der Waals surface area contributed by atoms with Gasteiger partial charge in [-0.15, -0.1) is 0 Å². The first-order valence-corrected chi connectivity index (χ1v) is 8.00. The van der Waals surface area contributed by atoms with Crippen molar-refractivity contribution in [3.63, 3.8) is 0 Å². The lowest BCUT2D eigenvalue weighted by Gasteiger charge is -2.36. The Bertz CT molecular complexity index is 299. The first kappa shape index (κ1) is 17.4. The zero-order chi connectivity index (χ0) is 15.2. The molecule has 1 rings (SSSR count). The fourth-order valence-corrected chi connectivity index (χ4v) is 3.17. The van der Waals surface area contributed by atoms with Crippen LogP contribution in [0.15, 0.2) is 0 Å². The van der Waals surface area contributed by atoms with Crippen LogP contribution < -0.4 is 5.73 Å². The maximum atomic E-state index is 12.4. The molecule has 118 valence electrons. The quantitative estimate of drug-likeness (QED) is 0.785. The predicted molar refractivity (Wildman–Crippen MR) is 82.3 cm³/mol. The number of amides is 1. The average molecular weight is 284 g/mol. The molecule has 0 radical (unpaired) electrons. The number of likely N-dealkylation sites (tertiary alicyclic amines) is 1. The van der Waals surface area contributed by atoms with Crippen LogP contribution in [0.3, 0.4) is 0 Å². The van der Waals surface area contributed by atoms with Crippen molar-refractivity contribution < 1.29 is 9.90 Å². The van der Waals surface area contributed by atoms with Crippen LogP contribution in [0, 0.1) is 11.3 Å². The van der Waals surface area contributed by atoms with Crippen LogP contribution in [0.25, 0.3) is 0 Å². The minimum Gasteiger partial charge on any atom is -0.394 e. The summed E-state index contributed by atoms with van der Waals surface area (Å²) in [7, 11) is 0. The van der Waals surface area contributed by atoms with E-state index in [9.17, 15) is 9.90 Å². The Morgan fingerprint density at radius 1 is 1.35 bits per heavy atom. The fraction of sp³-hybridized carbons (Fsp3) is 0.938. The van der Waals surface area contributed by atoms with Crippen molar-refractivity contribution in [1.82, 2.24) is 4.90 Å². The summed E-state index contributed by atoms with van der Waals surface area (Å²) in [6.45, 7) is 8.23. The second kappa shape index (κ2) is 7.99. The van der Waals surface area contributed by atoms with E-state index in [4.69, 9.17) is 5.73 Å². The van der Waals surface area contributed by atoms with Crippen LogP contribution in [0.1, 0.15) is 59.3 Å². The highest BCUT2D eigenvalue weighted by Crippen LogP contribution is 2.32. The van der Waals surface area contributed by atoms with Gasteiger partial charge in [0.05, 0.1) is 12.6 Å². The van der Waals surface area contributed by atoms with Gasteiger partial charge in [-0.3, -0.25) is 4.79 Å². The van der Waals surface area contributed by atoms with Crippen LogP contribution in [0.4, 0.5) is 0 Å². The molecule has 2 unspecified atom stereocenters. The Morgan fingerprint density at radius 3 is 2.60 bits per heavy atom. The average Bonchev–Trinajstić information content (AvgIpc) is 2.41. The lowest BCUT2D eigenvalue weighted by Crippen LogP contribution is -2.45. The summed E-state index contributed by atoms with van der Waals surface area (Å²) in [5, 5.41) is 9.39. The molecule has 3 N–H and O–H groups in total. The smallest absolute Gasteiger partial charge is 0.222 e. The first-order chi connectivity index (χ1) is 9.40. The SMILES string of the molecule is CC(C)(C)C(CCN)CCC(=O)N1CCCCC1CO. The molecule has 0 aromatic rings. The van der Waals surface area contributed by atoms with Crippen LogP contribution in [-0.4, -0.2) is 41.7 Å². The second-order valence-corrected chi connectivity index (χ2v) is 7.10. The molecule has 1 aliphatic rings. The van der Waals surface area contributed by atoms with Gasteiger partial charge in [-0.25, -0.2) is 0 Å². The highest BCUT2D eigenvalue weighted by Gasteiger charge is 2.28. The van der Waals surface area contributed by atoms with Crippen molar-refractivity contribution in [3.8, 4) is 0 Å². The van der Waals surface area contributed by atoms with Crippen molar-refractivity contribution in [2.45, 2.75) is 65.3 Å². The number of hydrogen-bond acceptors (Lipinski definition) is 3. The zero-order valence-electron chi connectivity index (χ0n) is 13.4. The summed E-state index contributed by atoms with van der Waals surface area (Å²) < 4.78 is 0. The van der Waals surface area contributed by atoms with Gasteiger partial charge in [-0.2, -0.15) is 0 Å². The summed E-state index contributed by atoms with van der Waals surface area (Å²) in [4.78, 5) is 14.3. The minimum absolute atomic E-state index is 0.0406. The molecule has 0 aromatic carbocycles. The molecule has 0 saturated carbocycles. The van der Waals surface area contributed by atoms with Crippen molar-refractivity contribution in [3.05, 3.63) is 0 Å². The number of aliphatic hydroxyl groups is 1. The topological polar surface area (TPSA) is 66.6 Å². The Balaban J connectivity index is 2.51. The number of piperidine rings is 1. The number of nitrogens with two attached hydrogens (primary N) is 1. The molecular weight excluding hydrogens is 252 g/mol. The Hall–Kier alpha value is -0.610. The third-order valence-corrected chi connectivity index (χ3v) is 4.60. The Labute approximate surface area is 123 Å². The molecule has 0 aliphatic carbocycles. The van der Waals surface area contributed by atoms with E-state index < -0.39 is 0 Å². The van der Waals surface area contributed by atoms with Crippen molar-refractivity contribution in [2.24, 2.45) is 17.1 Å². The zero-order valence-corrected chi connectivity index (χ0v) is 13.4. The van der Waals surface area contributed by atoms with Crippen molar-refractivity contribution >= 4 is 5.91 Å². The maximum Gasteiger partial charge on any atom is 0.222 e. The highest BCUT2D eigenvalue weighted by molar-refractivity contribution is 5.76. The van der Waals surface area contributed by atoms with Gasteiger partial charge in [0, 0.05) is 13.0 Å². The molecule has 20 heavy (non-hydrogen) atoms. The van der Waals surface area contributed by atoms with Gasteiger partial charge in [0.1, 0.15) is 0 Å². The van der Waals surface area contributed by atoms with Crippen molar-refractivity contribution in [2.75, 3.05) is 19.7 Å². The van der Waals surface area contributed by atoms with Crippen LogP contribution in [0.2, 0.25) is 0 Å². The molecule has 0 bridgehead atoms. The van der Waals surface area contributed by atoms with E-state index in [0.717, 1.165) is 38.6 Å². The highest BCUT2D eigenvalue weighted by atomic mass is 16.3. The lowest BCUT2D eigenvalue weighted by atomic mass is 9.76. The summed E-state index contributed by atoms with van der Waals surface area (Å²) in [5.41, 5.74) is 5.88. The van der Waals surface area contributed by atoms with Crippen LogP contribution in [0.5, 0.6) is 0 Å². The van der Waals surface area contributed by atoms with Gasteiger partial charge >= 0.3 is 0 Å². The number of carbonyl (C=O) groups excluding carboxylic acids is 1. The molecule has 1 heterocycles. The van der Waals surface area contributed by atoms with Gasteiger partial charge in [0.15, 0.2) is 0 Å². The van der Waals surface area contributed by atoms with E-state index in [0.29, 0.717) is 18.9 Å². The van der Waals surface area contributed by atoms with Gasteiger partial charge < -0.3 is 15.7 Å². The largest absolute Gasteiger partial charge is 0.394 e. The standard InChI is InChI=1S/C16H32N2O2/c1-16(2,3)13(9-10-17)7-8-15(20)18-11-5-4-6-14(18)12-19/h13-14,19H,4-12,17H2,1-3H3. The number of hydrogen-bond donors (Lipinski definition) is 2. The molecule has 1 fully saturated rings. The third kappa shape index (κ3) is 5.06. The molecule has 0 aromatic heterocycles. The van der Waals surface area contributed by atoms with Gasteiger partial charge in [-0.05, 0) is 50.0 Å². The predicted octanol–water partition coefficient (Wildman–Crippen LogP) is 2.15. The summed E-state index contributed by atoms with van der Waals surface area (Å²) in [6.07, 6.45) is 5.57. The first-order valence-electron chi connectivity index (χ1n) is 8.00. The fourth-order valence-electron chi connectivity index (χ4n) is 3.17. The number of carbonyl (C=O) groups is 1. The van der Waals surface area contributed by atoms with Crippen LogP contribution in [-0.2, 0) is 4.79 Å². The summed E-state index contributed by atoms with van der Waals surface area (Å²) in [5.74, 6) is 0.684. The second-order valence-electron chi connectivity index (χ2n) is 7.10. The Kier molecular flexibility index (Phi) is 6.96. The Morgan fingerprint density at radius 2 is 2.05 bits per heavy atom. The molecular formula is C16H32N2O2. The van der Waals surface area contributed by atoms with E-state index in [-0.39, 0.29) is 24.0 Å². The van der Waals surface area contributed by atoms with Gasteiger partial charge in [0.25, 0.3) is 0 Å². The van der Waals surface area contributed by atoms with E-state index in [1.807, 2.05) is 4.90 Å². The van der Waals surface area contributed by atoms with E-state index >= 15 is 0 Å². The summed E-state index contributed by atoms with van der Waals surface area (Å²) in [6, 6.07) is 0.0406. The van der Waals surface area contributed by atoms with E-state index in [1.54, 1.807) is 0 Å². The monoisotopic (exact) mass is 284 g/mol.